The molecule has 1 fully saturated rings. The summed E-state index contributed by atoms with van der Waals surface area (Å²) in [5, 5.41) is 26.9. The number of hydrogen-bond donors (Lipinski definition) is 3. The molecule has 0 heterocycles. The second-order valence-corrected chi connectivity index (χ2v) is 3.79. The molecule has 5 nitrogen and oxygen atoms in total. The Kier molecular flexibility index (Phi) is 2.30. The summed E-state index contributed by atoms with van der Waals surface area (Å²) in [4.78, 5) is 21.3. The number of hydrogen-bond acceptors (Lipinski definition) is 3. The summed E-state index contributed by atoms with van der Waals surface area (Å²) in [6, 6.07) is 0. The summed E-state index contributed by atoms with van der Waals surface area (Å²) in [6.07, 6.45) is 0.0264. The van der Waals surface area contributed by atoms with Crippen molar-refractivity contribution in [3.63, 3.8) is 0 Å². The smallest absolute Gasteiger partial charge is 0.307 e. The molecule has 2 atom stereocenters. The van der Waals surface area contributed by atoms with Gasteiger partial charge in [-0.3, -0.25) is 9.59 Å². The van der Waals surface area contributed by atoms with Gasteiger partial charge in [-0.25, -0.2) is 0 Å². The minimum atomic E-state index is -1.16. The number of aliphatic hydroxyl groups is 1. The van der Waals surface area contributed by atoms with Crippen molar-refractivity contribution in [3.05, 3.63) is 0 Å². The van der Waals surface area contributed by atoms with Crippen LogP contribution in [0, 0.1) is 11.8 Å². The van der Waals surface area contributed by atoms with Gasteiger partial charge in [0.2, 0.25) is 0 Å². The summed E-state index contributed by atoms with van der Waals surface area (Å²) < 4.78 is 0. The maximum absolute atomic E-state index is 10.6. The second-order valence-electron chi connectivity index (χ2n) is 3.79. The number of carbonyl (C=O) groups is 2. The van der Waals surface area contributed by atoms with Crippen molar-refractivity contribution in [1.82, 2.24) is 0 Å². The van der Waals surface area contributed by atoms with Crippen LogP contribution >= 0.6 is 0 Å². The van der Waals surface area contributed by atoms with Crippen molar-refractivity contribution >= 4 is 11.9 Å². The van der Waals surface area contributed by atoms with Crippen molar-refractivity contribution in [1.29, 1.82) is 0 Å². The molecule has 0 aromatic rings. The van der Waals surface area contributed by atoms with Crippen molar-refractivity contribution < 1.29 is 24.9 Å². The molecule has 1 aliphatic rings. The fourth-order valence-electron chi connectivity index (χ4n) is 1.83. The number of carboxylic acid groups (broad SMARTS) is 2. The van der Waals surface area contributed by atoms with E-state index in [1.165, 1.54) is 6.92 Å². The number of rotatable bonds is 2. The highest BCUT2D eigenvalue weighted by Gasteiger charge is 2.48. The van der Waals surface area contributed by atoms with E-state index in [0.29, 0.717) is 0 Å². The quantitative estimate of drug-likeness (QED) is 0.564. The molecule has 5 heteroatoms. The standard InChI is InChI=1S/C8H12O5/c1-8(13)2-4(6(9)10)5(3-8)7(11)12/h4-5,13H,2-3H2,1H3,(H,9,10)(H,11,12). The van der Waals surface area contributed by atoms with Gasteiger partial charge in [-0.1, -0.05) is 0 Å². The van der Waals surface area contributed by atoms with Crippen molar-refractivity contribution in [2.75, 3.05) is 0 Å². The van der Waals surface area contributed by atoms with Crippen LogP contribution in [0.4, 0.5) is 0 Å². The Hall–Kier alpha value is -1.10. The molecule has 0 saturated heterocycles. The molecule has 0 bridgehead atoms. The molecule has 0 spiro atoms. The first-order chi connectivity index (χ1) is 5.83. The number of carboxylic acids is 2. The molecule has 0 radical (unpaired) electrons. The average Bonchev–Trinajstić information content (AvgIpc) is 2.26. The van der Waals surface area contributed by atoms with Crippen LogP contribution < -0.4 is 0 Å². The van der Waals surface area contributed by atoms with E-state index in [2.05, 4.69) is 0 Å². The van der Waals surface area contributed by atoms with E-state index in [1.807, 2.05) is 0 Å². The molecule has 13 heavy (non-hydrogen) atoms. The lowest BCUT2D eigenvalue weighted by molar-refractivity contribution is -0.152. The van der Waals surface area contributed by atoms with Crippen LogP contribution in [0.2, 0.25) is 0 Å². The van der Waals surface area contributed by atoms with Crippen molar-refractivity contribution in [2.45, 2.75) is 25.4 Å². The highest BCUT2D eigenvalue weighted by Crippen LogP contribution is 2.39. The molecule has 3 N–H and O–H groups in total. The van der Waals surface area contributed by atoms with Crippen LogP contribution in [0.25, 0.3) is 0 Å². The zero-order valence-electron chi connectivity index (χ0n) is 7.23. The van der Waals surface area contributed by atoms with Gasteiger partial charge in [-0.05, 0) is 19.8 Å². The molecule has 0 aromatic carbocycles. The Morgan fingerprint density at radius 3 is 1.69 bits per heavy atom. The van der Waals surface area contributed by atoms with Gasteiger partial charge in [0.25, 0.3) is 0 Å². The van der Waals surface area contributed by atoms with Crippen LogP contribution in [0.3, 0.4) is 0 Å². The summed E-state index contributed by atoms with van der Waals surface area (Å²) in [7, 11) is 0. The lowest BCUT2D eigenvalue weighted by Gasteiger charge is -2.13. The first-order valence-corrected chi connectivity index (χ1v) is 4.01. The van der Waals surface area contributed by atoms with E-state index in [9.17, 15) is 14.7 Å². The Morgan fingerprint density at radius 1 is 1.15 bits per heavy atom. The Bertz CT molecular complexity index is 221. The highest BCUT2D eigenvalue weighted by atomic mass is 16.4. The molecule has 2 unspecified atom stereocenters. The third-order valence-corrected chi connectivity index (χ3v) is 2.44. The molecular formula is C8H12O5. The first kappa shape index (κ1) is 9.98. The SMILES string of the molecule is CC1(O)CC(C(=O)O)C(C(=O)O)C1. The minimum Gasteiger partial charge on any atom is -0.481 e. The van der Waals surface area contributed by atoms with Gasteiger partial charge < -0.3 is 15.3 Å². The van der Waals surface area contributed by atoms with Crippen LogP contribution in [0.1, 0.15) is 19.8 Å². The summed E-state index contributed by atoms with van der Waals surface area (Å²) >= 11 is 0. The van der Waals surface area contributed by atoms with E-state index < -0.39 is 29.4 Å². The maximum atomic E-state index is 10.6. The Labute approximate surface area is 75.0 Å². The number of aliphatic carboxylic acids is 2. The van der Waals surface area contributed by atoms with E-state index >= 15 is 0 Å². The predicted octanol–water partition coefficient (Wildman–Crippen LogP) is -0.0672. The molecule has 1 rings (SSSR count). The fourth-order valence-corrected chi connectivity index (χ4v) is 1.83. The van der Waals surface area contributed by atoms with Gasteiger partial charge in [-0.2, -0.15) is 0 Å². The van der Waals surface area contributed by atoms with Gasteiger partial charge in [-0.15, -0.1) is 0 Å². The van der Waals surface area contributed by atoms with E-state index in [0.717, 1.165) is 0 Å². The Morgan fingerprint density at radius 2 is 1.46 bits per heavy atom. The zero-order valence-corrected chi connectivity index (χ0v) is 7.23. The molecule has 0 aliphatic heterocycles. The molecule has 1 saturated carbocycles. The van der Waals surface area contributed by atoms with Gasteiger partial charge in [0, 0.05) is 0 Å². The normalized spacial score (nSPS) is 38.9. The van der Waals surface area contributed by atoms with Crippen LogP contribution in [-0.2, 0) is 9.59 Å². The largest absolute Gasteiger partial charge is 0.481 e. The Balaban J connectivity index is 2.83. The van der Waals surface area contributed by atoms with Crippen molar-refractivity contribution in [3.8, 4) is 0 Å². The molecule has 1 aliphatic carbocycles. The van der Waals surface area contributed by atoms with Crippen molar-refractivity contribution in [2.24, 2.45) is 11.8 Å². The van der Waals surface area contributed by atoms with Crippen LogP contribution in [0.15, 0.2) is 0 Å². The van der Waals surface area contributed by atoms with Gasteiger partial charge in [0.15, 0.2) is 0 Å². The molecular weight excluding hydrogens is 176 g/mol. The lowest BCUT2D eigenvalue weighted by Crippen LogP contribution is -2.24. The molecule has 74 valence electrons. The molecule has 0 aromatic heterocycles. The summed E-state index contributed by atoms with van der Waals surface area (Å²) in [5.74, 6) is -4.23. The average molecular weight is 188 g/mol. The van der Waals surface area contributed by atoms with Gasteiger partial charge in [0.05, 0.1) is 17.4 Å². The fraction of sp³-hybridized carbons (Fsp3) is 0.750. The predicted molar refractivity (Wildman–Crippen MR) is 42.1 cm³/mol. The van der Waals surface area contributed by atoms with Gasteiger partial charge in [0.1, 0.15) is 0 Å². The van der Waals surface area contributed by atoms with E-state index in [4.69, 9.17) is 10.2 Å². The van der Waals surface area contributed by atoms with E-state index in [1.54, 1.807) is 0 Å². The molecule has 0 amide bonds. The first-order valence-electron chi connectivity index (χ1n) is 4.01. The lowest BCUT2D eigenvalue weighted by atomic mass is 9.97. The minimum absolute atomic E-state index is 0.0132. The monoisotopic (exact) mass is 188 g/mol. The summed E-state index contributed by atoms with van der Waals surface area (Å²) in [5.41, 5.74) is -1.16. The topological polar surface area (TPSA) is 94.8 Å². The second kappa shape index (κ2) is 2.99. The van der Waals surface area contributed by atoms with Crippen LogP contribution in [0.5, 0.6) is 0 Å². The third kappa shape index (κ3) is 1.98. The van der Waals surface area contributed by atoms with E-state index in [-0.39, 0.29) is 12.8 Å². The van der Waals surface area contributed by atoms with Crippen LogP contribution in [-0.4, -0.2) is 32.9 Å². The van der Waals surface area contributed by atoms with Gasteiger partial charge >= 0.3 is 11.9 Å². The summed E-state index contributed by atoms with van der Waals surface area (Å²) in [6.45, 7) is 1.46. The zero-order chi connectivity index (χ0) is 10.2. The highest BCUT2D eigenvalue weighted by molar-refractivity contribution is 5.81. The maximum Gasteiger partial charge on any atom is 0.307 e. The third-order valence-electron chi connectivity index (χ3n) is 2.44.